The van der Waals surface area contributed by atoms with Crippen molar-refractivity contribution in [2.75, 3.05) is 0 Å². The van der Waals surface area contributed by atoms with Crippen LogP contribution in [0.15, 0.2) is 40.9 Å². The van der Waals surface area contributed by atoms with Crippen LogP contribution in [0.25, 0.3) is 11.0 Å². The Bertz CT molecular complexity index is 801. The lowest BCUT2D eigenvalue weighted by atomic mass is 10.1. The van der Waals surface area contributed by atoms with Crippen LogP contribution in [-0.4, -0.2) is 9.97 Å². The molecule has 0 spiro atoms. The molecule has 0 aliphatic heterocycles. The zero-order valence-electron chi connectivity index (χ0n) is 10.9. The van der Waals surface area contributed by atoms with Gasteiger partial charge in [0.05, 0.1) is 21.5 Å². The third-order valence-electron chi connectivity index (χ3n) is 3.25. The van der Waals surface area contributed by atoms with Gasteiger partial charge in [0.15, 0.2) is 0 Å². The maximum atomic E-state index is 13.5. The van der Waals surface area contributed by atoms with Gasteiger partial charge < -0.3 is 10.7 Å². The number of imidazole rings is 1. The second-order valence-electron chi connectivity index (χ2n) is 4.84. The molecule has 21 heavy (non-hydrogen) atoms. The second-order valence-corrected chi connectivity index (χ2v) is 5.70. The zero-order valence-corrected chi connectivity index (χ0v) is 12.5. The number of nitrogens with one attached hydrogen (secondary N) is 1. The molecule has 1 aromatic heterocycles. The van der Waals surface area contributed by atoms with E-state index in [1.54, 1.807) is 18.2 Å². The summed E-state index contributed by atoms with van der Waals surface area (Å²) in [5, 5.41) is 0. The summed E-state index contributed by atoms with van der Waals surface area (Å²) in [7, 11) is 0. The van der Waals surface area contributed by atoms with Crippen molar-refractivity contribution in [3.63, 3.8) is 0 Å². The Kier molecular flexibility index (Phi) is 3.73. The number of aromatic amines is 1. The van der Waals surface area contributed by atoms with Crippen molar-refractivity contribution < 1.29 is 8.78 Å². The van der Waals surface area contributed by atoms with Gasteiger partial charge in [0.2, 0.25) is 0 Å². The van der Waals surface area contributed by atoms with E-state index in [9.17, 15) is 8.78 Å². The highest BCUT2D eigenvalue weighted by atomic mass is 79.9. The van der Waals surface area contributed by atoms with Gasteiger partial charge in [-0.1, -0.05) is 6.07 Å². The highest BCUT2D eigenvalue weighted by molar-refractivity contribution is 9.10. The largest absolute Gasteiger partial charge is 0.341 e. The van der Waals surface area contributed by atoms with E-state index in [2.05, 4.69) is 25.9 Å². The minimum atomic E-state index is -0.416. The maximum Gasteiger partial charge on any atom is 0.137 e. The molecule has 0 radical (unpaired) electrons. The van der Waals surface area contributed by atoms with E-state index in [0.717, 1.165) is 5.56 Å². The lowest BCUT2D eigenvalue weighted by Gasteiger charge is -2.09. The van der Waals surface area contributed by atoms with E-state index in [1.807, 2.05) is 0 Å². The molecule has 0 aliphatic rings. The molecule has 6 heteroatoms. The van der Waals surface area contributed by atoms with E-state index < -0.39 is 6.04 Å². The molecule has 1 heterocycles. The van der Waals surface area contributed by atoms with Gasteiger partial charge in [-0.15, -0.1) is 0 Å². The van der Waals surface area contributed by atoms with Crippen molar-refractivity contribution in [1.29, 1.82) is 0 Å². The molecule has 0 aliphatic carbocycles. The molecule has 0 fully saturated rings. The highest BCUT2D eigenvalue weighted by Gasteiger charge is 2.13. The van der Waals surface area contributed by atoms with Crippen LogP contribution >= 0.6 is 15.9 Å². The quantitative estimate of drug-likeness (QED) is 0.752. The normalized spacial score (nSPS) is 12.8. The van der Waals surface area contributed by atoms with Crippen LogP contribution in [0, 0.1) is 11.6 Å². The second kappa shape index (κ2) is 5.54. The molecular weight excluding hydrogens is 340 g/mol. The number of hydrogen-bond donors (Lipinski definition) is 2. The zero-order chi connectivity index (χ0) is 15.0. The number of halogens is 3. The molecule has 0 bridgehead atoms. The maximum absolute atomic E-state index is 13.5. The summed E-state index contributed by atoms with van der Waals surface area (Å²) in [4.78, 5) is 7.34. The Morgan fingerprint density at radius 1 is 1.19 bits per heavy atom. The molecule has 3 N–H and O–H groups in total. The number of benzene rings is 2. The fraction of sp³-hybridized carbons (Fsp3) is 0.133. The third-order valence-corrected chi connectivity index (χ3v) is 3.90. The fourth-order valence-electron chi connectivity index (χ4n) is 2.19. The van der Waals surface area contributed by atoms with Crippen molar-refractivity contribution in [3.8, 4) is 0 Å². The number of aromatic nitrogens is 2. The Labute approximate surface area is 128 Å². The molecule has 3 rings (SSSR count). The number of rotatable bonds is 3. The van der Waals surface area contributed by atoms with Crippen LogP contribution in [0.2, 0.25) is 0 Å². The van der Waals surface area contributed by atoms with Crippen LogP contribution in [0.1, 0.15) is 17.4 Å². The first-order chi connectivity index (χ1) is 10.0. The van der Waals surface area contributed by atoms with Crippen molar-refractivity contribution in [3.05, 3.63) is 63.9 Å². The van der Waals surface area contributed by atoms with Gasteiger partial charge >= 0.3 is 0 Å². The Hall–Kier alpha value is -1.79. The Morgan fingerprint density at radius 3 is 2.76 bits per heavy atom. The van der Waals surface area contributed by atoms with Gasteiger partial charge in [-0.2, -0.15) is 0 Å². The number of nitrogens with zero attached hydrogens (tertiary/aromatic N) is 1. The monoisotopic (exact) mass is 351 g/mol. The van der Waals surface area contributed by atoms with E-state index in [4.69, 9.17) is 5.73 Å². The van der Waals surface area contributed by atoms with Crippen LogP contribution in [-0.2, 0) is 6.42 Å². The molecule has 0 saturated heterocycles. The van der Waals surface area contributed by atoms with Crippen molar-refractivity contribution in [2.24, 2.45) is 5.73 Å². The molecule has 108 valence electrons. The number of nitrogens with two attached hydrogens (primary N) is 1. The van der Waals surface area contributed by atoms with Gasteiger partial charge in [-0.25, -0.2) is 13.8 Å². The molecule has 0 amide bonds. The third kappa shape index (κ3) is 2.96. The van der Waals surface area contributed by atoms with Crippen LogP contribution in [0.5, 0.6) is 0 Å². The summed E-state index contributed by atoms with van der Waals surface area (Å²) in [6, 6.07) is 8.78. The topological polar surface area (TPSA) is 54.7 Å². The predicted molar refractivity (Wildman–Crippen MR) is 80.8 cm³/mol. The van der Waals surface area contributed by atoms with Crippen molar-refractivity contribution in [1.82, 2.24) is 9.97 Å². The first-order valence-corrected chi connectivity index (χ1v) is 7.17. The van der Waals surface area contributed by atoms with Gasteiger partial charge in [-0.05, 0) is 58.2 Å². The Balaban J connectivity index is 1.85. The van der Waals surface area contributed by atoms with Gasteiger partial charge in [0.1, 0.15) is 17.5 Å². The lowest BCUT2D eigenvalue weighted by Crippen LogP contribution is -2.15. The number of fused-ring (bicyclic) bond motifs is 1. The fourth-order valence-corrected chi connectivity index (χ4v) is 2.44. The van der Waals surface area contributed by atoms with Gasteiger partial charge in [0.25, 0.3) is 0 Å². The summed E-state index contributed by atoms with van der Waals surface area (Å²) in [6.07, 6.45) is 0.437. The van der Waals surface area contributed by atoms with Crippen LogP contribution in [0.3, 0.4) is 0 Å². The van der Waals surface area contributed by atoms with Crippen molar-refractivity contribution in [2.45, 2.75) is 12.5 Å². The van der Waals surface area contributed by atoms with Crippen molar-refractivity contribution >= 4 is 27.0 Å². The molecule has 3 nitrogen and oxygen atoms in total. The van der Waals surface area contributed by atoms with Gasteiger partial charge in [0, 0.05) is 0 Å². The first kappa shape index (κ1) is 14.2. The molecular formula is C15H12BrF2N3. The van der Waals surface area contributed by atoms with Gasteiger partial charge in [-0.3, -0.25) is 0 Å². The number of hydrogen-bond acceptors (Lipinski definition) is 2. The molecule has 2 aromatic carbocycles. The summed E-state index contributed by atoms with van der Waals surface area (Å²) in [5.74, 6) is -0.105. The Morgan fingerprint density at radius 2 is 2.00 bits per heavy atom. The average Bonchev–Trinajstić information content (AvgIpc) is 2.86. The SMILES string of the molecule is NC(Cc1ccc(Br)c(F)c1)c1nc2ccc(F)cc2[nH]1. The summed E-state index contributed by atoms with van der Waals surface area (Å²) < 4.78 is 27.1. The van der Waals surface area contributed by atoms with E-state index in [-0.39, 0.29) is 11.6 Å². The summed E-state index contributed by atoms with van der Waals surface area (Å²) in [5.41, 5.74) is 8.12. The first-order valence-electron chi connectivity index (χ1n) is 6.37. The minimum Gasteiger partial charge on any atom is -0.341 e. The molecule has 3 aromatic rings. The molecule has 1 atom stereocenters. The lowest BCUT2D eigenvalue weighted by molar-refractivity contribution is 0.613. The predicted octanol–water partition coefficient (Wildman–Crippen LogP) is 3.85. The summed E-state index contributed by atoms with van der Waals surface area (Å²) >= 11 is 3.11. The minimum absolute atomic E-state index is 0.327. The smallest absolute Gasteiger partial charge is 0.137 e. The highest BCUT2D eigenvalue weighted by Crippen LogP contribution is 2.21. The van der Waals surface area contributed by atoms with Crippen LogP contribution < -0.4 is 5.73 Å². The number of H-pyrrole nitrogens is 1. The van der Waals surface area contributed by atoms with E-state index in [0.29, 0.717) is 27.8 Å². The molecule has 1 unspecified atom stereocenters. The summed E-state index contributed by atoms with van der Waals surface area (Å²) in [6.45, 7) is 0. The van der Waals surface area contributed by atoms with E-state index >= 15 is 0 Å². The van der Waals surface area contributed by atoms with Crippen LogP contribution in [0.4, 0.5) is 8.78 Å². The molecule has 0 saturated carbocycles. The standard InChI is InChI=1S/C15H12BrF2N3/c16-10-3-1-8(5-11(10)18)6-12(19)15-20-13-4-2-9(17)7-14(13)21-15/h1-5,7,12H,6,19H2,(H,20,21). The van der Waals surface area contributed by atoms with E-state index in [1.165, 1.54) is 18.2 Å². The average molecular weight is 352 g/mol.